The van der Waals surface area contributed by atoms with Crippen molar-refractivity contribution in [3.8, 4) is 77.9 Å². The van der Waals surface area contributed by atoms with Gasteiger partial charge in [0.1, 0.15) is 22.3 Å². The number of nitrogens with zero attached hydrogens (tertiary/aromatic N) is 3. The Balaban J connectivity index is 0.813. The van der Waals surface area contributed by atoms with Crippen LogP contribution >= 0.6 is 0 Å². The van der Waals surface area contributed by atoms with E-state index in [1.807, 2.05) is 12.1 Å². The monoisotopic (exact) mass is 1380 g/mol. The number of hydrogen-bond donors (Lipinski definition) is 0. The maximum Gasteiger partial charge on any atom is 0.135 e. The van der Waals surface area contributed by atoms with Gasteiger partial charge >= 0.3 is 0 Å². The van der Waals surface area contributed by atoms with Crippen molar-refractivity contribution in [1.82, 2.24) is 0 Å². The van der Waals surface area contributed by atoms with Crippen molar-refractivity contribution in [3.05, 3.63) is 429 Å². The smallest absolute Gasteiger partial charge is 0.135 e. The van der Waals surface area contributed by atoms with Gasteiger partial charge in [-0.2, -0.15) is 0 Å². The van der Waals surface area contributed by atoms with Gasteiger partial charge in [-0.05, 0) is 216 Å². The third-order valence-electron chi connectivity index (χ3n) is 22.2. The topological polar surface area (TPSA) is 36.0 Å². The first kappa shape index (κ1) is 62.3. The van der Waals surface area contributed by atoms with Gasteiger partial charge in [0.05, 0.1) is 11.1 Å². The Morgan fingerprint density at radius 2 is 0.509 bits per heavy atom. The van der Waals surface area contributed by atoms with E-state index >= 15 is 0 Å². The summed E-state index contributed by atoms with van der Waals surface area (Å²) in [5.74, 6) is 0. The van der Waals surface area contributed by atoms with Crippen LogP contribution in [-0.4, -0.2) is 0 Å². The molecule has 0 saturated heterocycles. The average Bonchev–Trinajstić information content (AvgIpc) is 1.50. The minimum Gasteiger partial charge on any atom is -0.456 e. The average molecular weight is 1380 g/mol. The number of benzene rings is 17. The van der Waals surface area contributed by atoms with Crippen LogP contribution in [0.25, 0.3) is 122 Å². The normalized spacial score (nSPS) is 13.2. The highest BCUT2D eigenvalue weighted by atomic mass is 16.3. The maximum absolute atomic E-state index is 6.59. The number of furan rings is 2. The third-order valence-corrected chi connectivity index (χ3v) is 22.2. The molecule has 0 N–H and O–H groups in total. The lowest BCUT2D eigenvalue weighted by atomic mass is 9.70. The molecule has 0 saturated carbocycles. The SMILES string of the molecule is c1ccc(-c2ccc(N(c3cc(-c4cccc5c4-c4ccccc4C54c5ccccc5-c5c(N(c6ccc(-c7ccccc7)cc6)c6cccc(-c7ccccc7)c6)cccc54)cc(N(c4ccc(-c5ccccc5)cc4)c4ccc5oc6ccccc6c5c4)c3)c3ccc4oc5ccccc5c4c3)cc2)cc1. The molecule has 108 heavy (non-hydrogen) atoms. The summed E-state index contributed by atoms with van der Waals surface area (Å²) < 4.78 is 13.2. The molecule has 0 bridgehead atoms. The summed E-state index contributed by atoms with van der Waals surface area (Å²) in [4.78, 5) is 7.36. The highest BCUT2D eigenvalue weighted by molar-refractivity contribution is 6.10. The number of fused-ring (bicyclic) bond motifs is 16. The van der Waals surface area contributed by atoms with Crippen molar-refractivity contribution < 1.29 is 8.83 Å². The molecular formula is C103H67N3O2. The van der Waals surface area contributed by atoms with Crippen molar-refractivity contribution in [2.45, 2.75) is 5.41 Å². The van der Waals surface area contributed by atoms with Crippen LogP contribution in [0.15, 0.2) is 415 Å². The lowest BCUT2D eigenvalue weighted by molar-refractivity contribution is 0.668. The van der Waals surface area contributed by atoms with Gasteiger partial charge in [-0.25, -0.2) is 0 Å². The standard InChI is InChI=1S/C103H67N3O2/c1-5-24-68(25-6-1)72-46-52-77(53-47-72)104(81-58-60-99-90(66-81)86-34-15-19-44-97(86)107-99)83-63-76(64-84(65-83)105(78-54-48-73(49-55-78)69-26-7-2-8-27-69)82-59-61-100-91(67-82)87-35-16-20-45-98(87)108-100)85-38-22-41-94-101(85)88-36-13-17-39-92(88)103(94)93-40-18-14-37-89(93)102-95(103)42-23-43-96(102)106(79-56-50-74(51-57-79)70-28-9-3-10-29-70)80-33-21-32-75(62-80)71-30-11-4-12-31-71/h1-67H. The Kier molecular flexibility index (Phi) is 14.8. The second-order valence-electron chi connectivity index (χ2n) is 28.2. The largest absolute Gasteiger partial charge is 0.456 e. The van der Waals surface area contributed by atoms with Crippen molar-refractivity contribution in [2.75, 3.05) is 14.7 Å². The number of hydrogen-bond acceptors (Lipinski definition) is 5. The molecule has 2 aromatic heterocycles. The zero-order valence-electron chi connectivity index (χ0n) is 58.8. The number of para-hydroxylation sites is 2. The summed E-state index contributed by atoms with van der Waals surface area (Å²) in [5.41, 5.74) is 33.0. The van der Waals surface area contributed by atoms with E-state index in [2.05, 4.69) is 409 Å². The van der Waals surface area contributed by atoms with Gasteiger partial charge in [0.25, 0.3) is 0 Å². The molecule has 21 rings (SSSR count). The lowest BCUT2D eigenvalue weighted by Crippen LogP contribution is -2.26. The predicted molar refractivity (Wildman–Crippen MR) is 449 cm³/mol. The number of anilines is 9. The van der Waals surface area contributed by atoms with E-state index in [9.17, 15) is 0 Å². The molecule has 0 aliphatic heterocycles. The maximum atomic E-state index is 6.59. The molecule has 1 atom stereocenters. The van der Waals surface area contributed by atoms with Gasteiger partial charge in [-0.15, -0.1) is 0 Å². The highest BCUT2D eigenvalue weighted by Crippen LogP contribution is 2.66. The lowest BCUT2D eigenvalue weighted by Gasteiger charge is -2.32. The summed E-state index contributed by atoms with van der Waals surface area (Å²) in [5, 5.41) is 4.21. The Bertz CT molecular complexity index is 6450. The van der Waals surface area contributed by atoms with Crippen molar-refractivity contribution in [3.63, 3.8) is 0 Å². The van der Waals surface area contributed by atoms with Crippen LogP contribution < -0.4 is 14.7 Å². The highest BCUT2D eigenvalue weighted by Gasteiger charge is 2.53. The fourth-order valence-corrected chi connectivity index (χ4v) is 17.4. The van der Waals surface area contributed by atoms with Gasteiger partial charge < -0.3 is 23.5 Å². The van der Waals surface area contributed by atoms with E-state index in [1.165, 1.54) is 55.6 Å². The Hall–Kier alpha value is -14.3. The van der Waals surface area contributed by atoms with Gasteiger partial charge in [0.2, 0.25) is 0 Å². The molecule has 0 radical (unpaired) electrons. The van der Waals surface area contributed by atoms with Crippen molar-refractivity contribution in [2.24, 2.45) is 0 Å². The second kappa shape index (κ2) is 25.6. The van der Waals surface area contributed by atoms with Crippen LogP contribution in [0.5, 0.6) is 0 Å². The second-order valence-corrected chi connectivity index (χ2v) is 28.2. The molecule has 5 nitrogen and oxygen atoms in total. The fourth-order valence-electron chi connectivity index (χ4n) is 17.4. The first-order valence-electron chi connectivity index (χ1n) is 37.0. The molecule has 5 heteroatoms. The molecule has 1 unspecified atom stereocenters. The van der Waals surface area contributed by atoms with Crippen LogP contribution in [0.2, 0.25) is 0 Å². The molecular weight excluding hydrogens is 1310 g/mol. The van der Waals surface area contributed by atoms with Gasteiger partial charge in [-0.1, -0.05) is 285 Å². The molecule has 2 aliphatic rings. The molecule has 506 valence electrons. The van der Waals surface area contributed by atoms with Gasteiger partial charge in [0, 0.05) is 72.6 Å². The molecule has 0 fully saturated rings. The van der Waals surface area contributed by atoms with Gasteiger partial charge in [0.15, 0.2) is 0 Å². The first-order valence-corrected chi connectivity index (χ1v) is 37.0. The first-order chi connectivity index (χ1) is 53.5. The van der Waals surface area contributed by atoms with Gasteiger partial charge in [-0.3, -0.25) is 0 Å². The van der Waals surface area contributed by atoms with Crippen molar-refractivity contribution >= 4 is 95.1 Å². The van der Waals surface area contributed by atoms with Crippen LogP contribution in [0.1, 0.15) is 22.3 Å². The van der Waals surface area contributed by atoms with E-state index in [0.717, 1.165) is 140 Å². The predicted octanol–water partition coefficient (Wildman–Crippen LogP) is 28.6. The Morgan fingerprint density at radius 1 is 0.176 bits per heavy atom. The Morgan fingerprint density at radius 3 is 1.01 bits per heavy atom. The van der Waals surface area contributed by atoms with Crippen LogP contribution in [0, 0.1) is 0 Å². The molecule has 2 heterocycles. The van der Waals surface area contributed by atoms with Crippen LogP contribution in [0.3, 0.4) is 0 Å². The zero-order chi connectivity index (χ0) is 71.2. The molecule has 1 spiro atoms. The van der Waals surface area contributed by atoms with E-state index < -0.39 is 5.41 Å². The molecule has 2 aliphatic carbocycles. The Labute approximate surface area is 626 Å². The van der Waals surface area contributed by atoms with Crippen molar-refractivity contribution in [1.29, 1.82) is 0 Å². The third kappa shape index (κ3) is 10.2. The quantitative estimate of drug-likeness (QED) is 0.108. The van der Waals surface area contributed by atoms with Crippen LogP contribution in [-0.2, 0) is 5.41 Å². The summed E-state index contributed by atoms with van der Waals surface area (Å²) in [6.45, 7) is 0. The fraction of sp³-hybridized carbons (Fsp3) is 0.00971. The number of rotatable bonds is 14. The molecule has 17 aromatic carbocycles. The minimum absolute atomic E-state index is 0.732. The summed E-state index contributed by atoms with van der Waals surface area (Å²) >= 11 is 0. The zero-order valence-corrected chi connectivity index (χ0v) is 58.8. The van der Waals surface area contributed by atoms with E-state index in [-0.39, 0.29) is 0 Å². The van der Waals surface area contributed by atoms with Crippen LogP contribution in [0.4, 0.5) is 51.2 Å². The molecule has 0 amide bonds. The minimum atomic E-state index is -0.732. The van der Waals surface area contributed by atoms with E-state index in [1.54, 1.807) is 0 Å². The molecule has 19 aromatic rings. The summed E-state index contributed by atoms with van der Waals surface area (Å²) in [6.07, 6.45) is 0. The van der Waals surface area contributed by atoms with E-state index in [4.69, 9.17) is 8.83 Å². The van der Waals surface area contributed by atoms with E-state index in [0.29, 0.717) is 0 Å². The summed E-state index contributed by atoms with van der Waals surface area (Å²) in [7, 11) is 0. The summed E-state index contributed by atoms with van der Waals surface area (Å²) in [6, 6.07) is 149.